The van der Waals surface area contributed by atoms with Crippen LogP contribution in [0.1, 0.15) is 12.8 Å². The number of benzene rings is 2. The summed E-state index contributed by atoms with van der Waals surface area (Å²) in [5.41, 5.74) is 1.70. The van der Waals surface area contributed by atoms with Crippen molar-refractivity contribution >= 4 is 34.1 Å². The van der Waals surface area contributed by atoms with Crippen LogP contribution in [-0.4, -0.2) is 28.8 Å². The van der Waals surface area contributed by atoms with Gasteiger partial charge in [-0.15, -0.1) is 0 Å². The second kappa shape index (κ2) is 6.21. The summed E-state index contributed by atoms with van der Waals surface area (Å²) in [7, 11) is 0. The number of nitrogens with zero attached hydrogens (tertiary/aromatic N) is 3. The smallest absolute Gasteiger partial charge is 0.163 e. The molecule has 0 N–H and O–H groups in total. The van der Waals surface area contributed by atoms with Crippen molar-refractivity contribution < 1.29 is 4.79 Å². The molecule has 2 aromatic carbocycles. The molecule has 1 aromatic heterocycles. The van der Waals surface area contributed by atoms with E-state index in [1.165, 1.54) is 0 Å². The molecule has 0 aliphatic carbocycles. The summed E-state index contributed by atoms with van der Waals surface area (Å²) in [6.07, 6.45) is 1.14. The first-order valence-electron chi connectivity index (χ1n) is 8.01. The topological polar surface area (TPSA) is 46.1 Å². The van der Waals surface area contributed by atoms with Gasteiger partial charge in [0.05, 0.1) is 10.5 Å². The van der Waals surface area contributed by atoms with Gasteiger partial charge in [-0.25, -0.2) is 9.97 Å². The summed E-state index contributed by atoms with van der Waals surface area (Å²) in [5.74, 6) is 1.81. The number of para-hydroxylation sites is 1. The van der Waals surface area contributed by atoms with Crippen LogP contribution in [-0.2, 0) is 4.79 Å². The average Bonchev–Trinajstić information content (AvgIpc) is 2.62. The van der Waals surface area contributed by atoms with Crippen molar-refractivity contribution in [3.63, 3.8) is 0 Å². The van der Waals surface area contributed by atoms with E-state index in [4.69, 9.17) is 16.6 Å². The molecule has 120 valence electrons. The third kappa shape index (κ3) is 2.74. The zero-order valence-electron chi connectivity index (χ0n) is 13.1. The molecule has 0 radical (unpaired) electrons. The fourth-order valence-electron chi connectivity index (χ4n) is 3.03. The van der Waals surface area contributed by atoms with Crippen molar-refractivity contribution in [1.82, 2.24) is 9.97 Å². The molecular weight excluding hydrogens is 322 g/mol. The number of carbonyl (C=O) groups is 1. The molecule has 5 heteroatoms. The summed E-state index contributed by atoms with van der Waals surface area (Å²) >= 11 is 6.33. The number of anilines is 1. The highest BCUT2D eigenvalue weighted by Crippen LogP contribution is 2.31. The van der Waals surface area contributed by atoms with E-state index in [-0.39, 0.29) is 0 Å². The molecule has 1 aliphatic rings. The minimum atomic E-state index is 0.316. The zero-order chi connectivity index (χ0) is 16.5. The lowest BCUT2D eigenvalue weighted by Crippen LogP contribution is -2.34. The minimum absolute atomic E-state index is 0.316. The molecule has 1 fully saturated rings. The van der Waals surface area contributed by atoms with Crippen LogP contribution in [0.15, 0.2) is 48.5 Å². The van der Waals surface area contributed by atoms with Crippen molar-refractivity contribution in [2.45, 2.75) is 12.8 Å². The van der Waals surface area contributed by atoms with E-state index >= 15 is 0 Å². The van der Waals surface area contributed by atoms with Gasteiger partial charge in [0.15, 0.2) is 5.82 Å². The van der Waals surface area contributed by atoms with E-state index in [1.807, 2.05) is 48.5 Å². The quantitative estimate of drug-likeness (QED) is 0.705. The first-order chi connectivity index (χ1) is 11.7. The molecule has 4 rings (SSSR count). The molecule has 0 amide bonds. The van der Waals surface area contributed by atoms with Crippen LogP contribution < -0.4 is 4.90 Å². The third-order valence-electron chi connectivity index (χ3n) is 4.32. The van der Waals surface area contributed by atoms with Gasteiger partial charge in [-0.3, -0.25) is 4.79 Å². The van der Waals surface area contributed by atoms with E-state index in [9.17, 15) is 4.79 Å². The maximum Gasteiger partial charge on any atom is 0.163 e. The van der Waals surface area contributed by atoms with Crippen molar-refractivity contribution in [1.29, 1.82) is 0 Å². The SMILES string of the molecule is O=C1CCN(c2nc(-c3ccccc3Cl)nc3ccccc23)CC1. The highest BCUT2D eigenvalue weighted by Gasteiger charge is 2.21. The Labute approximate surface area is 145 Å². The van der Waals surface area contributed by atoms with Crippen LogP contribution in [0.4, 0.5) is 5.82 Å². The van der Waals surface area contributed by atoms with Gasteiger partial charge in [0.1, 0.15) is 11.6 Å². The van der Waals surface area contributed by atoms with E-state index in [0.29, 0.717) is 42.6 Å². The molecule has 1 saturated heterocycles. The molecule has 3 aromatic rings. The van der Waals surface area contributed by atoms with Gasteiger partial charge < -0.3 is 4.90 Å². The number of hydrogen-bond donors (Lipinski definition) is 0. The maximum atomic E-state index is 11.6. The molecule has 4 nitrogen and oxygen atoms in total. The summed E-state index contributed by atoms with van der Waals surface area (Å²) < 4.78 is 0. The standard InChI is InChI=1S/C19H16ClN3O/c20-16-7-3-1-5-14(16)18-21-17-8-4-2-6-15(17)19(22-18)23-11-9-13(24)10-12-23/h1-8H,9-12H2. The predicted molar refractivity (Wildman–Crippen MR) is 96.4 cm³/mol. The zero-order valence-corrected chi connectivity index (χ0v) is 13.8. The molecule has 0 unspecified atom stereocenters. The number of halogens is 1. The Hall–Kier alpha value is -2.46. The predicted octanol–water partition coefficient (Wildman–Crippen LogP) is 4.12. The monoisotopic (exact) mass is 337 g/mol. The molecule has 24 heavy (non-hydrogen) atoms. The van der Waals surface area contributed by atoms with Crippen LogP contribution in [0.25, 0.3) is 22.3 Å². The number of ketones is 1. The van der Waals surface area contributed by atoms with Gasteiger partial charge >= 0.3 is 0 Å². The van der Waals surface area contributed by atoms with Crippen molar-refractivity contribution in [3.8, 4) is 11.4 Å². The van der Waals surface area contributed by atoms with E-state index in [2.05, 4.69) is 9.88 Å². The lowest BCUT2D eigenvalue weighted by molar-refractivity contribution is -0.119. The number of hydrogen-bond acceptors (Lipinski definition) is 4. The highest BCUT2D eigenvalue weighted by atomic mass is 35.5. The van der Waals surface area contributed by atoms with Crippen LogP contribution in [0.3, 0.4) is 0 Å². The number of carbonyl (C=O) groups excluding carboxylic acids is 1. The Morgan fingerprint density at radius 3 is 2.42 bits per heavy atom. The lowest BCUT2D eigenvalue weighted by Gasteiger charge is -2.28. The third-order valence-corrected chi connectivity index (χ3v) is 4.65. The second-order valence-corrected chi connectivity index (χ2v) is 6.30. The van der Waals surface area contributed by atoms with Gasteiger partial charge in [-0.05, 0) is 24.3 Å². The maximum absolute atomic E-state index is 11.6. The van der Waals surface area contributed by atoms with E-state index in [0.717, 1.165) is 22.3 Å². The molecule has 0 atom stereocenters. The average molecular weight is 338 g/mol. The first-order valence-corrected chi connectivity index (χ1v) is 8.38. The summed E-state index contributed by atoms with van der Waals surface area (Å²) in [5, 5.41) is 1.63. The van der Waals surface area contributed by atoms with Crippen LogP contribution in [0.5, 0.6) is 0 Å². The number of Topliss-reactive ketones (excluding diaryl/α,β-unsaturated/α-hetero) is 1. The number of piperidine rings is 1. The Kier molecular flexibility index (Phi) is 3.90. The largest absolute Gasteiger partial charge is 0.355 e. The van der Waals surface area contributed by atoms with Crippen LogP contribution in [0, 0.1) is 0 Å². The van der Waals surface area contributed by atoms with Gasteiger partial charge in [0.2, 0.25) is 0 Å². The number of rotatable bonds is 2. The Morgan fingerprint density at radius 1 is 0.917 bits per heavy atom. The molecule has 0 bridgehead atoms. The molecule has 0 saturated carbocycles. The summed E-state index contributed by atoms with van der Waals surface area (Å²) in [6.45, 7) is 1.39. The van der Waals surface area contributed by atoms with Gasteiger partial charge in [-0.1, -0.05) is 35.9 Å². The Morgan fingerprint density at radius 2 is 1.62 bits per heavy atom. The minimum Gasteiger partial charge on any atom is -0.355 e. The molecular formula is C19H16ClN3O. The fourth-order valence-corrected chi connectivity index (χ4v) is 3.25. The van der Waals surface area contributed by atoms with Crippen LogP contribution in [0.2, 0.25) is 5.02 Å². The molecule has 2 heterocycles. The Bertz CT molecular complexity index is 915. The van der Waals surface area contributed by atoms with Gasteiger partial charge in [-0.2, -0.15) is 0 Å². The summed E-state index contributed by atoms with van der Waals surface area (Å²) in [6, 6.07) is 15.6. The lowest BCUT2D eigenvalue weighted by atomic mass is 10.1. The number of aromatic nitrogens is 2. The normalized spacial score (nSPS) is 15.0. The molecule has 0 spiro atoms. The fraction of sp³-hybridized carbons (Fsp3) is 0.211. The summed E-state index contributed by atoms with van der Waals surface area (Å²) in [4.78, 5) is 23.2. The van der Waals surface area contributed by atoms with Crippen molar-refractivity contribution in [2.24, 2.45) is 0 Å². The Balaban J connectivity index is 1.88. The molecule has 1 aliphatic heterocycles. The second-order valence-electron chi connectivity index (χ2n) is 5.89. The first kappa shape index (κ1) is 15.1. The van der Waals surface area contributed by atoms with E-state index in [1.54, 1.807) is 0 Å². The van der Waals surface area contributed by atoms with Crippen LogP contribution >= 0.6 is 11.6 Å². The van der Waals surface area contributed by atoms with Gasteiger partial charge in [0.25, 0.3) is 0 Å². The van der Waals surface area contributed by atoms with Crippen molar-refractivity contribution in [3.05, 3.63) is 53.6 Å². The van der Waals surface area contributed by atoms with Crippen molar-refractivity contribution in [2.75, 3.05) is 18.0 Å². The number of fused-ring (bicyclic) bond motifs is 1. The highest BCUT2D eigenvalue weighted by molar-refractivity contribution is 6.33. The van der Waals surface area contributed by atoms with Gasteiger partial charge in [0, 0.05) is 36.9 Å². The van der Waals surface area contributed by atoms with E-state index < -0.39 is 0 Å².